The highest BCUT2D eigenvalue weighted by molar-refractivity contribution is 9.10. The Morgan fingerprint density at radius 2 is 2.31 bits per heavy atom. The third-order valence-electron chi connectivity index (χ3n) is 1.58. The molecule has 0 aliphatic rings. The molecule has 13 heavy (non-hydrogen) atoms. The van der Waals surface area contributed by atoms with Crippen LogP contribution in [0.25, 0.3) is 0 Å². The molecule has 68 valence electrons. The van der Waals surface area contributed by atoms with Gasteiger partial charge in [-0.25, -0.2) is 0 Å². The summed E-state index contributed by atoms with van der Waals surface area (Å²) in [6.45, 7) is 0. The van der Waals surface area contributed by atoms with E-state index in [4.69, 9.17) is 10.00 Å². The van der Waals surface area contributed by atoms with Gasteiger partial charge in [-0.05, 0) is 33.6 Å². The van der Waals surface area contributed by atoms with Crippen LogP contribution in [0.3, 0.4) is 0 Å². The van der Waals surface area contributed by atoms with Crippen molar-refractivity contribution >= 4 is 15.9 Å². The number of ether oxygens (including phenoxy) is 1. The van der Waals surface area contributed by atoms with Crippen LogP contribution in [0.1, 0.15) is 5.56 Å². The van der Waals surface area contributed by atoms with Gasteiger partial charge in [0.15, 0.2) is 0 Å². The van der Waals surface area contributed by atoms with Gasteiger partial charge in [0, 0.05) is 0 Å². The molecule has 0 aliphatic heterocycles. The van der Waals surface area contributed by atoms with Crippen LogP contribution in [0, 0.1) is 11.3 Å². The Morgan fingerprint density at radius 3 is 2.85 bits per heavy atom. The highest BCUT2D eigenvalue weighted by atomic mass is 79.9. The number of hydrogen-bond acceptors (Lipinski definition) is 3. The maximum absolute atomic E-state index is 9.40. The molecule has 0 amide bonds. The summed E-state index contributed by atoms with van der Waals surface area (Å²) in [6.07, 6.45) is 0.261. The summed E-state index contributed by atoms with van der Waals surface area (Å²) < 4.78 is 5.51. The molecular formula is C9H8BrNO2. The summed E-state index contributed by atoms with van der Waals surface area (Å²) in [5.41, 5.74) is 0.736. The lowest BCUT2D eigenvalue weighted by atomic mass is 10.1. The molecule has 1 N–H and O–H groups in total. The Hall–Kier alpha value is -1.21. The maximum Gasteiger partial charge on any atom is 0.137 e. The quantitative estimate of drug-likeness (QED) is 0.865. The third-order valence-corrected chi connectivity index (χ3v) is 2.38. The molecule has 0 radical (unpaired) electrons. The molecule has 0 saturated heterocycles. The van der Waals surface area contributed by atoms with Gasteiger partial charge in [-0.2, -0.15) is 5.26 Å². The molecule has 0 heterocycles. The monoisotopic (exact) mass is 241 g/mol. The molecule has 0 spiro atoms. The van der Waals surface area contributed by atoms with Crippen LogP contribution in [0.2, 0.25) is 0 Å². The van der Waals surface area contributed by atoms with Crippen molar-refractivity contribution in [2.45, 2.75) is 6.42 Å². The van der Waals surface area contributed by atoms with Crippen LogP contribution in [-0.2, 0) is 6.42 Å². The number of benzene rings is 1. The van der Waals surface area contributed by atoms with E-state index >= 15 is 0 Å². The van der Waals surface area contributed by atoms with E-state index in [9.17, 15) is 5.11 Å². The first-order chi connectivity index (χ1) is 6.19. The van der Waals surface area contributed by atoms with Gasteiger partial charge in [0.1, 0.15) is 16.0 Å². The summed E-state index contributed by atoms with van der Waals surface area (Å²) in [5, 5.41) is 17.9. The van der Waals surface area contributed by atoms with E-state index in [2.05, 4.69) is 15.9 Å². The molecule has 0 atom stereocenters. The molecule has 0 unspecified atom stereocenters. The fraction of sp³-hybridized carbons (Fsp3) is 0.222. The second-order valence-electron chi connectivity index (χ2n) is 2.47. The summed E-state index contributed by atoms with van der Waals surface area (Å²) in [7, 11) is 1.51. The second-order valence-corrected chi connectivity index (χ2v) is 3.26. The second kappa shape index (κ2) is 4.15. The van der Waals surface area contributed by atoms with Crippen molar-refractivity contribution in [3.05, 3.63) is 22.2 Å². The highest BCUT2D eigenvalue weighted by Crippen LogP contribution is 2.34. The predicted molar refractivity (Wildman–Crippen MR) is 51.7 cm³/mol. The molecule has 4 heteroatoms. The normalized spacial score (nSPS) is 9.31. The van der Waals surface area contributed by atoms with Gasteiger partial charge in [0.25, 0.3) is 0 Å². The fourth-order valence-corrected chi connectivity index (χ4v) is 1.37. The van der Waals surface area contributed by atoms with Crippen molar-refractivity contribution in [3.63, 3.8) is 0 Å². The van der Waals surface area contributed by atoms with Crippen molar-refractivity contribution < 1.29 is 9.84 Å². The molecule has 0 aliphatic carbocycles. The van der Waals surface area contributed by atoms with Gasteiger partial charge in [-0.3, -0.25) is 0 Å². The van der Waals surface area contributed by atoms with Crippen LogP contribution in [0.5, 0.6) is 11.5 Å². The average molecular weight is 242 g/mol. The largest absolute Gasteiger partial charge is 0.507 e. The zero-order valence-electron chi connectivity index (χ0n) is 7.04. The lowest BCUT2D eigenvalue weighted by Crippen LogP contribution is -1.88. The molecule has 0 saturated carbocycles. The topological polar surface area (TPSA) is 53.2 Å². The first-order valence-corrected chi connectivity index (χ1v) is 4.40. The van der Waals surface area contributed by atoms with Crippen LogP contribution >= 0.6 is 15.9 Å². The van der Waals surface area contributed by atoms with E-state index in [1.54, 1.807) is 6.07 Å². The summed E-state index contributed by atoms with van der Waals surface area (Å²) in [5.74, 6) is 0.620. The smallest absolute Gasteiger partial charge is 0.137 e. The van der Waals surface area contributed by atoms with E-state index in [0.29, 0.717) is 10.2 Å². The SMILES string of the molecule is COc1cc(CC#N)cc(O)c1Br. The minimum absolute atomic E-state index is 0.0876. The number of aromatic hydroxyl groups is 1. The Morgan fingerprint density at radius 1 is 1.62 bits per heavy atom. The number of methoxy groups -OCH3 is 1. The molecule has 0 aromatic heterocycles. The third kappa shape index (κ3) is 2.13. The number of phenols is 1. The van der Waals surface area contributed by atoms with Crippen LogP contribution < -0.4 is 4.74 Å². The van der Waals surface area contributed by atoms with Gasteiger partial charge >= 0.3 is 0 Å². The molecule has 0 fully saturated rings. The van der Waals surface area contributed by atoms with Gasteiger partial charge in [0.2, 0.25) is 0 Å². The maximum atomic E-state index is 9.40. The minimum atomic E-state index is 0.0876. The molecule has 1 rings (SSSR count). The number of phenolic OH excluding ortho intramolecular Hbond substituents is 1. The first kappa shape index (κ1) is 9.87. The van der Waals surface area contributed by atoms with E-state index in [-0.39, 0.29) is 12.2 Å². The van der Waals surface area contributed by atoms with E-state index in [1.807, 2.05) is 6.07 Å². The molecule has 3 nitrogen and oxygen atoms in total. The van der Waals surface area contributed by atoms with Crippen LogP contribution in [0.15, 0.2) is 16.6 Å². The number of rotatable bonds is 2. The standard InChI is InChI=1S/C9H8BrNO2/c1-13-8-5-6(2-3-11)4-7(12)9(8)10/h4-5,12H,2H2,1H3. The molecule has 1 aromatic carbocycles. The van der Waals surface area contributed by atoms with E-state index in [1.165, 1.54) is 13.2 Å². The van der Waals surface area contributed by atoms with Crippen molar-refractivity contribution in [3.8, 4) is 17.6 Å². The number of halogens is 1. The Balaban J connectivity index is 3.16. The Labute approximate surface area is 84.7 Å². The number of nitrogens with zero attached hydrogens (tertiary/aromatic N) is 1. The summed E-state index contributed by atoms with van der Waals surface area (Å²) >= 11 is 3.17. The molecule has 0 bridgehead atoms. The van der Waals surface area contributed by atoms with Crippen molar-refractivity contribution in [2.24, 2.45) is 0 Å². The number of hydrogen-bond donors (Lipinski definition) is 1. The van der Waals surface area contributed by atoms with Gasteiger partial charge in [-0.15, -0.1) is 0 Å². The Bertz CT molecular complexity index is 357. The average Bonchev–Trinajstić information content (AvgIpc) is 2.11. The van der Waals surface area contributed by atoms with Crippen molar-refractivity contribution in [1.82, 2.24) is 0 Å². The van der Waals surface area contributed by atoms with Gasteiger partial charge in [0.05, 0.1) is 19.6 Å². The molecule has 1 aromatic rings. The zero-order valence-corrected chi connectivity index (χ0v) is 8.63. The van der Waals surface area contributed by atoms with Crippen molar-refractivity contribution in [1.29, 1.82) is 5.26 Å². The van der Waals surface area contributed by atoms with Crippen LogP contribution in [0.4, 0.5) is 0 Å². The first-order valence-electron chi connectivity index (χ1n) is 3.61. The predicted octanol–water partition coefficient (Wildman–Crippen LogP) is 2.23. The highest BCUT2D eigenvalue weighted by Gasteiger charge is 2.07. The molecular weight excluding hydrogens is 234 g/mol. The summed E-state index contributed by atoms with van der Waals surface area (Å²) in [6, 6.07) is 5.25. The van der Waals surface area contributed by atoms with Gasteiger partial charge < -0.3 is 9.84 Å². The lowest BCUT2D eigenvalue weighted by Gasteiger charge is -2.06. The van der Waals surface area contributed by atoms with E-state index < -0.39 is 0 Å². The fourth-order valence-electron chi connectivity index (χ4n) is 0.980. The summed E-state index contributed by atoms with van der Waals surface area (Å²) in [4.78, 5) is 0. The van der Waals surface area contributed by atoms with Crippen molar-refractivity contribution in [2.75, 3.05) is 7.11 Å². The Kier molecular flexibility index (Phi) is 3.15. The van der Waals surface area contributed by atoms with Gasteiger partial charge in [-0.1, -0.05) is 0 Å². The van der Waals surface area contributed by atoms with Crippen LogP contribution in [-0.4, -0.2) is 12.2 Å². The van der Waals surface area contributed by atoms with E-state index in [0.717, 1.165) is 5.56 Å². The zero-order chi connectivity index (χ0) is 9.84. The minimum Gasteiger partial charge on any atom is -0.507 e. The lowest BCUT2D eigenvalue weighted by molar-refractivity contribution is 0.403. The number of nitriles is 1.